The Labute approximate surface area is 63.8 Å². The van der Waals surface area contributed by atoms with Crippen molar-refractivity contribution < 1.29 is 9.09 Å². The summed E-state index contributed by atoms with van der Waals surface area (Å²) in [6, 6.07) is 0. The summed E-state index contributed by atoms with van der Waals surface area (Å²) >= 11 is 0. The molecule has 0 bridgehead atoms. The molecule has 0 aromatic carbocycles. The molecule has 0 saturated heterocycles. The topological polar surface area (TPSA) is 26.3 Å². The Kier molecular flexibility index (Phi) is 4.84. The van der Waals surface area contributed by atoms with E-state index in [0.29, 0.717) is 12.1 Å². The van der Waals surface area contributed by atoms with Crippen LogP contribution >= 0.6 is 8.03 Å². The van der Waals surface area contributed by atoms with E-state index < -0.39 is 8.03 Å². The molecule has 0 rings (SSSR count). The van der Waals surface area contributed by atoms with Crippen molar-refractivity contribution in [2.75, 3.05) is 6.16 Å². The zero-order valence-corrected chi connectivity index (χ0v) is 8.02. The van der Waals surface area contributed by atoms with Crippen LogP contribution in [-0.4, -0.2) is 12.3 Å². The van der Waals surface area contributed by atoms with Crippen LogP contribution in [0.5, 0.6) is 0 Å². The average molecular weight is 163 g/mol. The Morgan fingerprint density at radius 1 is 1.30 bits per heavy atom. The number of hydrogen-bond donors (Lipinski definition) is 0. The zero-order chi connectivity index (χ0) is 8.15. The van der Waals surface area contributed by atoms with Gasteiger partial charge in [0.2, 0.25) is 0 Å². The summed E-state index contributed by atoms with van der Waals surface area (Å²) in [5.74, 6) is 0.461. The molecule has 0 fully saturated rings. The van der Waals surface area contributed by atoms with E-state index in [1.807, 2.05) is 27.7 Å². The van der Waals surface area contributed by atoms with E-state index >= 15 is 0 Å². The molecule has 1 unspecified atom stereocenters. The third kappa shape index (κ3) is 6.18. The van der Waals surface area contributed by atoms with Crippen LogP contribution in [0.1, 0.15) is 27.7 Å². The van der Waals surface area contributed by atoms with Gasteiger partial charge in [0.1, 0.15) is 6.10 Å². The van der Waals surface area contributed by atoms with E-state index in [0.717, 1.165) is 0 Å². The molecule has 0 amide bonds. The summed E-state index contributed by atoms with van der Waals surface area (Å²) in [5, 5.41) is 0. The molecule has 2 nitrogen and oxygen atoms in total. The SMILES string of the molecule is CC(C)C[P+](=O)OC(C)C. The summed E-state index contributed by atoms with van der Waals surface area (Å²) < 4.78 is 16.1. The van der Waals surface area contributed by atoms with Crippen LogP contribution in [0.4, 0.5) is 0 Å². The highest BCUT2D eigenvalue weighted by molar-refractivity contribution is 7.39. The zero-order valence-electron chi connectivity index (χ0n) is 7.13. The van der Waals surface area contributed by atoms with E-state index in [2.05, 4.69) is 0 Å². The lowest BCUT2D eigenvalue weighted by molar-refractivity contribution is 0.254. The van der Waals surface area contributed by atoms with Gasteiger partial charge < -0.3 is 0 Å². The Bertz CT molecular complexity index is 98.2. The number of rotatable bonds is 4. The second-order valence-electron chi connectivity index (χ2n) is 3.06. The molecule has 0 radical (unpaired) electrons. The highest BCUT2D eigenvalue weighted by Gasteiger charge is 2.20. The molecule has 1 atom stereocenters. The molecule has 0 aliphatic heterocycles. The van der Waals surface area contributed by atoms with Gasteiger partial charge in [0.25, 0.3) is 0 Å². The lowest BCUT2D eigenvalue weighted by atomic mass is 10.3. The predicted octanol–water partition coefficient (Wildman–Crippen LogP) is 2.81. The first-order chi connectivity index (χ1) is 4.52. The minimum absolute atomic E-state index is 0.0855. The first-order valence-electron chi connectivity index (χ1n) is 3.63. The van der Waals surface area contributed by atoms with Gasteiger partial charge in [-0.2, -0.15) is 0 Å². The molecule has 0 spiro atoms. The fourth-order valence-corrected chi connectivity index (χ4v) is 1.73. The molecule has 0 heterocycles. The van der Waals surface area contributed by atoms with Crippen molar-refractivity contribution in [2.45, 2.75) is 33.8 Å². The quantitative estimate of drug-likeness (QED) is 0.595. The normalized spacial score (nSPS) is 12.8. The van der Waals surface area contributed by atoms with Crippen LogP contribution in [-0.2, 0) is 9.09 Å². The fourth-order valence-electron chi connectivity index (χ4n) is 0.576. The lowest BCUT2D eigenvalue weighted by Crippen LogP contribution is -1.98. The van der Waals surface area contributed by atoms with Crippen LogP contribution in [0.25, 0.3) is 0 Å². The molecule has 0 saturated carbocycles. The predicted molar refractivity (Wildman–Crippen MR) is 43.5 cm³/mol. The van der Waals surface area contributed by atoms with Gasteiger partial charge in [-0.1, -0.05) is 13.8 Å². The van der Waals surface area contributed by atoms with Gasteiger partial charge in [0.05, 0.1) is 0 Å². The molecule has 0 N–H and O–H groups in total. The van der Waals surface area contributed by atoms with E-state index in [1.54, 1.807) is 0 Å². The maximum Gasteiger partial charge on any atom is 0.508 e. The smallest absolute Gasteiger partial charge is 0.144 e. The summed E-state index contributed by atoms with van der Waals surface area (Å²) in [6.45, 7) is 7.87. The molecule has 10 heavy (non-hydrogen) atoms. The van der Waals surface area contributed by atoms with Crippen molar-refractivity contribution in [2.24, 2.45) is 5.92 Å². The Morgan fingerprint density at radius 2 is 1.80 bits per heavy atom. The number of hydrogen-bond acceptors (Lipinski definition) is 2. The minimum Gasteiger partial charge on any atom is -0.144 e. The van der Waals surface area contributed by atoms with Crippen LogP contribution in [0.15, 0.2) is 0 Å². The summed E-state index contributed by atoms with van der Waals surface area (Å²) in [5.41, 5.74) is 0. The second-order valence-corrected chi connectivity index (χ2v) is 4.30. The third-order valence-corrected chi connectivity index (χ3v) is 2.53. The van der Waals surface area contributed by atoms with E-state index in [1.165, 1.54) is 0 Å². The van der Waals surface area contributed by atoms with Crippen molar-refractivity contribution >= 4 is 8.03 Å². The summed E-state index contributed by atoms with van der Waals surface area (Å²) in [6.07, 6.45) is 0.760. The van der Waals surface area contributed by atoms with Crippen molar-refractivity contribution in [3.8, 4) is 0 Å². The Morgan fingerprint density at radius 3 is 2.10 bits per heavy atom. The maximum atomic E-state index is 11.0. The molecular formula is C7H16O2P+. The highest BCUT2D eigenvalue weighted by Crippen LogP contribution is 2.26. The van der Waals surface area contributed by atoms with Gasteiger partial charge in [0.15, 0.2) is 6.16 Å². The van der Waals surface area contributed by atoms with E-state index in [4.69, 9.17) is 4.52 Å². The maximum absolute atomic E-state index is 11.0. The van der Waals surface area contributed by atoms with Crippen LogP contribution in [0.3, 0.4) is 0 Å². The molecule has 0 aromatic heterocycles. The van der Waals surface area contributed by atoms with Crippen LogP contribution in [0.2, 0.25) is 0 Å². The van der Waals surface area contributed by atoms with Gasteiger partial charge in [-0.3, -0.25) is 0 Å². The van der Waals surface area contributed by atoms with Gasteiger partial charge >= 0.3 is 8.03 Å². The monoisotopic (exact) mass is 163 g/mol. The molecule has 60 valence electrons. The van der Waals surface area contributed by atoms with Crippen molar-refractivity contribution in [3.63, 3.8) is 0 Å². The lowest BCUT2D eigenvalue weighted by Gasteiger charge is -1.95. The van der Waals surface area contributed by atoms with E-state index in [-0.39, 0.29) is 6.10 Å². The second kappa shape index (κ2) is 4.81. The first kappa shape index (κ1) is 10.1. The third-order valence-electron chi connectivity index (χ3n) is 0.843. The highest BCUT2D eigenvalue weighted by atomic mass is 31.1. The van der Waals surface area contributed by atoms with Gasteiger partial charge in [-0.15, -0.1) is 4.52 Å². The molecule has 3 heteroatoms. The van der Waals surface area contributed by atoms with Gasteiger partial charge in [-0.25, -0.2) is 0 Å². The Balaban J connectivity index is 3.44. The molecular weight excluding hydrogens is 147 g/mol. The molecule has 0 aromatic rings. The van der Waals surface area contributed by atoms with Crippen molar-refractivity contribution in [1.29, 1.82) is 0 Å². The first-order valence-corrected chi connectivity index (χ1v) is 5.00. The molecule has 0 aliphatic carbocycles. The van der Waals surface area contributed by atoms with Crippen LogP contribution < -0.4 is 0 Å². The summed E-state index contributed by atoms with van der Waals surface area (Å²) in [4.78, 5) is 0. The van der Waals surface area contributed by atoms with Gasteiger partial charge in [0, 0.05) is 5.92 Å². The van der Waals surface area contributed by atoms with Gasteiger partial charge in [-0.05, 0) is 18.4 Å². The molecule has 0 aliphatic rings. The fraction of sp³-hybridized carbons (Fsp3) is 1.00. The largest absolute Gasteiger partial charge is 0.508 e. The van der Waals surface area contributed by atoms with E-state index in [9.17, 15) is 4.57 Å². The summed E-state index contributed by atoms with van der Waals surface area (Å²) in [7, 11) is -1.41. The standard InChI is InChI=1S/C7H16O2P/c1-6(2)5-10(8)9-7(3)4/h6-7H,5H2,1-4H3/q+1. The average Bonchev–Trinajstić information content (AvgIpc) is 1.58. The van der Waals surface area contributed by atoms with Crippen molar-refractivity contribution in [3.05, 3.63) is 0 Å². The Hall–Kier alpha value is 0.0600. The minimum atomic E-state index is -1.41. The van der Waals surface area contributed by atoms with Crippen molar-refractivity contribution in [1.82, 2.24) is 0 Å². The van der Waals surface area contributed by atoms with Crippen LogP contribution in [0, 0.1) is 5.92 Å².